The highest BCUT2D eigenvalue weighted by molar-refractivity contribution is 6.30. The van der Waals surface area contributed by atoms with Gasteiger partial charge in [0.25, 0.3) is 5.91 Å². The number of aromatic carboxylic acids is 1. The predicted molar refractivity (Wildman–Crippen MR) is 148 cm³/mol. The molecule has 1 saturated carbocycles. The van der Waals surface area contributed by atoms with E-state index in [1.165, 1.54) is 0 Å². The maximum absolute atomic E-state index is 13.9. The molecule has 38 heavy (non-hydrogen) atoms. The quantitative estimate of drug-likeness (QED) is 0.255. The van der Waals surface area contributed by atoms with Crippen molar-refractivity contribution >= 4 is 34.4 Å². The van der Waals surface area contributed by atoms with Crippen molar-refractivity contribution in [2.45, 2.75) is 24.9 Å². The lowest BCUT2D eigenvalue weighted by atomic mass is 9.99. The van der Waals surface area contributed by atoms with Crippen molar-refractivity contribution < 1.29 is 14.7 Å². The van der Waals surface area contributed by atoms with E-state index in [4.69, 9.17) is 11.6 Å². The maximum Gasteiger partial charge on any atom is 0.335 e. The molecule has 0 saturated heterocycles. The molecule has 3 aromatic carbocycles. The van der Waals surface area contributed by atoms with Gasteiger partial charge in [0, 0.05) is 41.1 Å². The van der Waals surface area contributed by atoms with Gasteiger partial charge in [0.05, 0.1) is 22.2 Å². The summed E-state index contributed by atoms with van der Waals surface area (Å²) in [6.07, 6.45) is 7.09. The number of benzene rings is 3. The molecule has 1 aliphatic rings. The zero-order chi connectivity index (χ0) is 26.3. The number of carbonyl (C=O) groups is 2. The minimum atomic E-state index is -0.972. The van der Waals surface area contributed by atoms with E-state index < -0.39 is 11.5 Å². The fourth-order valence-electron chi connectivity index (χ4n) is 5.01. The summed E-state index contributed by atoms with van der Waals surface area (Å²) in [5, 5.41) is 14.1. The Morgan fingerprint density at radius 2 is 1.79 bits per heavy atom. The zero-order valence-corrected chi connectivity index (χ0v) is 21.2. The van der Waals surface area contributed by atoms with Gasteiger partial charge in [-0.05, 0) is 78.1 Å². The highest BCUT2D eigenvalue weighted by Crippen LogP contribution is 2.46. The van der Waals surface area contributed by atoms with Crippen LogP contribution in [0, 0.1) is 0 Å². The SMILES string of the molecule is O=C(O)c1ccc(C2(NC(=O)c3cc(-c4cccnc4)cc4ccn(Cc5cccc(Cl)c5)c34)CC2)cc1. The van der Waals surface area contributed by atoms with Crippen LogP contribution in [0.1, 0.15) is 44.7 Å². The van der Waals surface area contributed by atoms with Gasteiger partial charge in [0.15, 0.2) is 0 Å². The van der Waals surface area contributed by atoms with E-state index >= 15 is 0 Å². The fraction of sp³-hybridized carbons (Fsp3) is 0.129. The summed E-state index contributed by atoms with van der Waals surface area (Å²) >= 11 is 6.23. The molecule has 2 heterocycles. The van der Waals surface area contributed by atoms with E-state index in [1.54, 1.807) is 36.7 Å². The van der Waals surface area contributed by atoms with E-state index in [1.807, 2.05) is 54.7 Å². The molecule has 0 unspecified atom stereocenters. The van der Waals surface area contributed by atoms with Crippen LogP contribution in [0.5, 0.6) is 0 Å². The van der Waals surface area contributed by atoms with Crippen LogP contribution in [0.3, 0.4) is 0 Å². The molecule has 1 amide bonds. The lowest BCUT2D eigenvalue weighted by molar-refractivity contribution is 0.0696. The number of halogens is 1. The van der Waals surface area contributed by atoms with Crippen LogP contribution in [-0.4, -0.2) is 26.5 Å². The van der Waals surface area contributed by atoms with Crippen molar-refractivity contribution in [1.82, 2.24) is 14.9 Å². The molecule has 0 spiro atoms. The predicted octanol–water partition coefficient (Wildman–Crippen LogP) is 6.52. The molecule has 6 nitrogen and oxygen atoms in total. The third-order valence-corrected chi connectivity index (χ3v) is 7.36. The van der Waals surface area contributed by atoms with Crippen molar-refractivity contribution in [1.29, 1.82) is 0 Å². The second-order valence-corrected chi connectivity index (χ2v) is 10.1. The summed E-state index contributed by atoms with van der Waals surface area (Å²) < 4.78 is 2.07. The molecule has 7 heteroatoms. The van der Waals surface area contributed by atoms with Crippen LogP contribution in [0.4, 0.5) is 0 Å². The van der Waals surface area contributed by atoms with Gasteiger partial charge in [-0.2, -0.15) is 0 Å². The number of hydrogen-bond donors (Lipinski definition) is 2. The monoisotopic (exact) mass is 521 g/mol. The molecule has 6 rings (SSSR count). The molecule has 0 bridgehead atoms. The molecular weight excluding hydrogens is 498 g/mol. The first-order valence-corrected chi connectivity index (χ1v) is 12.7. The molecule has 2 aromatic heterocycles. The molecule has 0 aliphatic heterocycles. The van der Waals surface area contributed by atoms with E-state index in [0.717, 1.165) is 46.0 Å². The van der Waals surface area contributed by atoms with Crippen molar-refractivity contribution in [3.8, 4) is 11.1 Å². The van der Waals surface area contributed by atoms with Gasteiger partial charge in [-0.15, -0.1) is 0 Å². The second-order valence-electron chi connectivity index (χ2n) is 9.70. The average molecular weight is 522 g/mol. The smallest absolute Gasteiger partial charge is 0.335 e. The van der Waals surface area contributed by atoms with Crippen molar-refractivity contribution in [3.05, 3.63) is 125 Å². The van der Waals surface area contributed by atoms with Crippen molar-refractivity contribution in [3.63, 3.8) is 0 Å². The number of rotatable bonds is 7. The number of hydrogen-bond acceptors (Lipinski definition) is 3. The number of carboxylic acids is 1. The van der Waals surface area contributed by atoms with Gasteiger partial charge in [0.2, 0.25) is 0 Å². The molecule has 1 fully saturated rings. The van der Waals surface area contributed by atoms with Crippen LogP contribution in [0.25, 0.3) is 22.0 Å². The van der Waals surface area contributed by atoms with Crippen molar-refractivity contribution in [2.75, 3.05) is 0 Å². The van der Waals surface area contributed by atoms with Gasteiger partial charge in [-0.1, -0.05) is 41.9 Å². The number of nitrogens with zero attached hydrogens (tertiary/aromatic N) is 2. The van der Waals surface area contributed by atoms with Gasteiger partial charge in [0.1, 0.15) is 0 Å². The number of carboxylic acid groups (broad SMARTS) is 1. The highest BCUT2D eigenvalue weighted by Gasteiger charge is 2.46. The normalized spacial score (nSPS) is 13.8. The Hall–Kier alpha value is -4.42. The summed E-state index contributed by atoms with van der Waals surface area (Å²) in [5.41, 5.74) is 4.91. The minimum absolute atomic E-state index is 0.174. The molecule has 1 aliphatic carbocycles. The van der Waals surface area contributed by atoms with E-state index in [9.17, 15) is 14.7 Å². The van der Waals surface area contributed by atoms with Crippen LogP contribution in [0.2, 0.25) is 5.02 Å². The molecule has 0 radical (unpaired) electrons. The van der Waals surface area contributed by atoms with Gasteiger partial charge >= 0.3 is 5.97 Å². The summed E-state index contributed by atoms with van der Waals surface area (Å²) in [4.78, 5) is 29.5. The topological polar surface area (TPSA) is 84.2 Å². The summed E-state index contributed by atoms with van der Waals surface area (Å²) in [6.45, 7) is 0.568. The zero-order valence-electron chi connectivity index (χ0n) is 20.4. The molecule has 188 valence electrons. The Morgan fingerprint density at radius 1 is 0.974 bits per heavy atom. The lowest BCUT2D eigenvalue weighted by Crippen LogP contribution is -2.35. The number of nitrogens with one attached hydrogen (secondary N) is 1. The van der Waals surface area contributed by atoms with Crippen molar-refractivity contribution in [2.24, 2.45) is 0 Å². The minimum Gasteiger partial charge on any atom is -0.478 e. The van der Waals surface area contributed by atoms with E-state index in [2.05, 4.69) is 20.9 Å². The fourth-order valence-corrected chi connectivity index (χ4v) is 5.23. The number of fused-ring (bicyclic) bond motifs is 1. The number of aromatic nitrogens is 2. The molecular formula is C31H24ClN3O3. The first-order valence-electron chi connectivity index (χ1n) is 12.4. The Labute approximate surface area is 224 Å². The Balaban J connectivity index is 1.41. The van der Waals surface area contributed by atoms with Crippen LogP contribution in [0.15, 0.2) is 97.5 Å². The Kier molecular flexibility index (Phi) is 5.97. The largest absolute Gasteiger partial charge is 0.478 e. The van der Waals surface area contributed by atoms with Gasteiger partial charge in [-0.3, -0.25) is 9.78 Å². The molecule has 5 aromatic rings. The Morgan fingerprint density at radius 3 is 2.47 bits per heavy atom. The average Bonchev–Trinajstić information content (AvgIpc) is 3.60. The van der Waals surface area contributed by atoms with Crippen LogP contribution < -0.4 is 5.32 Å². The summed E-state index contributed by atoms with van der Waals surface area (Å²) in [7, 11) is 0. The lowest BCUT2D eigenvalue weighted by Gasteiger charge is -2.20. The molecule has 2 N–H and O–H groups in total. The standard InChI is InChI=1S/C31H24ClN3O3/c32-26-5-1-3-20(15-26)19-35-14-10-22-16-24(23-4-2-13-33-18-23)17-27(28(22)35)29(36)34-31(11-12-31)25-8-6-21(7-9-25)30(37)38/h1-10,13-18H,11-12,19H2,(H,34,36)(H,37,38). The first kappa shape index (κ1) is 23.9. The molecule has 0 atom stereocenters. The van der Waals surface area contributed by atoms with E-state index in [-0.39, 0.29) is 11.5 Å². The van der Waals surface area contributed by atoms with E-state index in [0.29, 0.717) is 17.1 Å². The maximum atomic E-state index is 13.9. The van der Waals surface area contributed by atoms with Gasteiger partial charge in [-0.25, -0.2) is 4.79 Å². The summed E-state index contributed by atoms with van der Waals surface area (Å²) in [6, 6.07) is 24.3. The highest BCUT2D eigenvalue weighted by atomic mass is 35.5. The third kappa shape index (κ3) is 4.55. The summed E-state index contributed by atoms with van der Waals surface area (Å²) in [5.74, 6) is -1.15. The number of carbonyl (C=O) groups excluding carboxylic acids is 1. The van der Waals surface area contributed by atoms with Crippen LogP contribution >= 0.6 is 11.6 Å². The third-order valence-electron chi connectivity index (χ3n) is 7.13. The van der Waals surface area contributed by atoms with Crippen LogP contribution in [-0.2, 0) is 12.1 Å². The Bertz CT molecular complexity index is 1670. The number of amides is 1. The first-order chi connectivity index (χ1) is 18.4. The number of pyridine rings is 1. The second kappa shape index (κ2) is 9.47. The van der Waals surface area contributed by atoms with Gasteiger partial charge < -0.3 is 15.0 Å².